The maximum atomic E-state index is 12.3. The minimum absolute atomic E-state index is 0.188. The molecule has 0 atom stereocenters. The van der Waals surface area contributed by atoms with E-state index in [-0.39, 0.29) is 11.4 Å². The largest absolute Gasteiger partial charge is 0.385 e. The van der Waals surface area contributed by atoms with Crippen molar-refractivity contribution in [3.63, 3.8) is 0 Å². The molecular weight excluding hydrogens is 288 g/mol. The van der Waals surface area contributed by atoms with Crippen molar-refractivity contribution in [1.82, 2.24) is 14.5 Å². The van der Waals surface area contributed by atoms with Gasteiger partial charge in [-0.05, 0) is 36.6 Å². The van der Waals surface area contributed by atoms with Crippen LogP contribution in [0.15, 0.2) is 35.4 Å². The molecule has 0 saturated carbocycles. The Morgan fingerprint density at radius 3 is 3.00 bits per heavy atom. The molecular formula is C14H18N4O2S. The number of fused-ring (bicyclic) bond motifs is 1. The molecule has 0 fully saturated rings. The molecule has 1 aliphatic rings. The van der Waals surface area contributed by atoms with Crippen molar-refractivity contribution < 1.29 is 8.42 Å². The van der Waals surface area contributed by atoms with Crippen LogP contribution in [0.2, 0.25) is 0 Å². The molecule has 7 heteroatoms. The molecule has 0 amide bonds. The quantitative estimate of drug-likeness (QED) is 0.891. The van der Waals surface area contributed by atoms with Crippen molar-refractivity contribution in [3.05, 3.63) is 41.7 Å². The summed E-state index contributed by atoms with van der Waals surface area (Å²) >= 11 is 0. The number of hydrogen-bond acceptors (Lipinski definition) is 4. The molecule has 0 unspecified atom stereocenters. The van der Waals surface area contributed by atoms with Gasteiger partial charge < -0.3 is 5.32 Å². The number of aromatic nitrogens is 2. The fourth-order valence-electron chi connectivity index (χ4n) is 2.42. The Bertz CT molecular complexity index is 752. The highest BCUT2D eigenvalue weighted by Gasteiger charge is 2.17. The minimum Gasteiger partial charge on any atom is -0.385 e. The molecule has 1 aromatic heterocycles. The number of nitrogens with one attached hydrogen (secondary N) is 2. The number of benzene rings is 1. The van der Waals surface area contributed by atoms with Gasteiger partial charge in [-0.15, -0.1) is 0 Å². The second kappa shape index (κ2) is 5.50. The van der Waals surface area contributed by atoms with Crippen molar-refractivity contribution in [3.8, 4) is 0 Å². The van der Waals surface area contributed by atoms with Gasteiger partial charge in [0.2, 0.25) is 10.0 Å². The third-order valence-corrected chi connectivity index (χ3v) is 4.94. The first kappa shape index (κ1) is 14.1. The fourth-order valence-corrected chi connectivity index (χ4v) is 3.44. The van der Waals surface area contributed by atoms with Crippen LogP contribution in [0.25, 0.3) is 0 Å². The molecule has 0 saturated heterocycles. The van der Waals surface area contributed by atoms with Crippen molar-refractivity contribution >= 4 is 15.7 Å². The molecule has 112 valence electrons. The summed E-state index contributed by atoms with van der Waals surface area (Å²) in [5.74, 6) is 0. The van der Waals surface area contributed by atoms with Crippen LogP contribution in [-0.4, -0.2) is 24.7 Å². The Morgan fingerprint density at radius 1 is 1.38 bits per heavy atom. The molecule has 6 nitrogen and oxygen atoms in total. The Kier molecular flexibility index (Phi) is 3.69. The predicted molar refractivity (Wildman–Crippen MR) is 80.5 cm³/mol. The van der Waals surface area contributed by atoms with Crippen LogP contribution in [0.5, 0.6) is 0 Å². The third kappa shape index (κ3) is 3.08. The van der Waals surface area contributed by atoms with E-state index in [0.717, 1.165) is 25.1 Å². The van der Waals surface area contributed by atoms with Crippen LogP contribution >= 0.6 is 0 Å². The minimum atomic E-state index is -3.52. The zero-order valence-corrected chi connectivity index (χ0v) is 12.7. The number of sulfonamides is 1. The molecule has 0 bridgehead atoms. The number of anilines is 1. The van der Waals surface area contributed by atoms with Crippen molar-refractivity contribution in [2.75, 3.05) is 11.9 Å². The first-order valence-electron chi connectivity index (χ1n) is 6.89. The summed E-state index contributed by atoms with van der Waals surface area (Å²) in [7, 11) is -1.72. The summed E-state index contributed by atoms with van der Waals surface area (Å²) < 4.78 is 28.9. The summed E-state index contributed by atoms with van der Waals surface area (Å²) in [5.41, 5.74) is 2.78. The van der Waals surface area contributed by atoms with E-state index in [1.165, 1.54) is 5.56 Å². The summed E-state index contributed by atoms with van der Waals surface area (Å²) in [6.07, 6.45) is 3.85. The average molecular weight is 306 g/mol. The molecule has 2 aromatic rings. The lowest BCUT2D eigenvalue weighted by Crippen LogP contribution is -2.24. The molecule has 0 aliphatic carbocycles. The maximum Gasteiger partial charge on any atom is 0.240 e. The van der Waals surface area contributed by atoms with Crippen LogP contribution in [0.1, 0.15) is 17.7 Å². The van der Waals surface area contributed by atoms with Crippen LogP contribution < -0.4 is 10.0 Å². The SMILES string of the molecule is Cn1ccc(CNS(=O)(=O)c2ccc3c(c2)NCCC3)n1. The van der Waals surface area contributed by atoms with E-state index in [1.807, 2.05) is 6.07 Å². The van der Waals surface area contributed by atoms with E-state index in [4.69, 9.17) is 0 Å². The number of nitrogens with zero attached hydrogens (tertiary/aromatic N) is 2. The van der Waals surface area contributed by atoms with Gasteiger partial charge in [-0.1, -0.05) is 6.07 Å². The van der Waals surface area contributed by atoms with E-state index in [0.29, 0.717) is 5.69 Å². The lowest BCUT2D eigenvalue weighted by Gasteiger charge is -2.18. The van der Waals surface area contributed by atoms with Gasteiger partial charge in [-0.25, -0.2) is 13.1 Å². The van der Waals surface area contributed by atoms with Gasteiger partial charge in [-0.3, -0.25) is 4.68 Å². The lowest BCUT2D eigenvalue weighted by atomic mass is 10.0. The van der Waals surface area contributed by atoms with E-state index in [1.54, 1.807) is 36.1 Å². The summed E-state index contributed by atoms with van der Waals surface area (Å²) in [6, 6.07) is 7.04. The van der Waals surface area contributed by atoms with Gasteiger partial charge in [0.1, 0.15) is 0 Å². The van der Waals surface area contributed by atoms with Crippen LogP contribution in [0, 0.1) is 0 Å². The van der Waals surface area contributed by atoms with Gasteiger partial charge in [0.25, 0.3) is 0 Å². The molecule has 3 rings (SSSR count). The summed E-state index contributed by atoms with van der Waals surface area (Å²) in [4.78, 5) is 0.284. The normalized spacial score (nSPS) is 14.5. The standard InChI is InChI=1S/C14H18N4O2S/c1-18-8-6-12(17-18)10-16-21(19,20)13-5-4-11-3-2-7-15-14(11)9-13/h4-6,8-9,15-16H,2-3,7,10H2,1H3. The highest BCUT2D eigenvalue weighted by molar-refractivity contribution is 7.89. The van der Waals surface area contributed by atoms with E-state index in [9.17, 15) is 8.42 Å². The zero-order valence-electron chi connectivity index (χ0n) is 11.8. The van der Waals surface area contributed by atoms with Crippen LogP contribution in [0.4, 0.5) is 5.69 Å². The fraction of sp³-hybridized carbons (Fsp3) is 0.357. The second-order valence-corrected chi connectivity index (χ2v) is 6.92. The third-order valence-electron chi connectivity index (χ3n) is 3.54. The first-order valence-corrected chi connectivity index (χ1v) is 8.38. The Morgan fingerprint density at radius 2 is 2.24 bits per heavy atom. The predicted octanol–water partition coefficient (Wildman–Crippen LogP) is 1.26. The number of rotatable bonds is 4. The van der Waals surface area contributed by atoms with E-state index < -0.39 is 10.0 Å². The lowest BCUT2D eigenvalue weighted by molar-refractivity contribution is 0.579. The van der Waals surface area contributed by atoms with Crippen LogP contribution in [0.3, 0.4) is 0 Å². The highest BCUT2D eigenvalue weighted by atomic mass is 32.2. The molecule has 2 heterocycles. The summed E-state index contributed by atoms with van der Waals surface area (Å²) in [5, 5.41) is 7.40. The van der Waals surface area contributed by atoms with E-state index in [2.05, 4.69) is 15.1 Å². The Labute approximate surface area is 124 Å². The topological polar surface area (TPSA) is 76.0 Å². The van der Waals surface area contributed by atoms with Crippen molar-refractivity contribution in [2.24, 2.45) is 7.05 Å². The van der Waals surface area contributed by atoms with E-state index >= 15 is 0 Å². The van der Waals surface area contributed by atoms with Crippen molar-refractivity contribution in [1.29, 1.82) is 0 Å². The molecule has 21 heavy (non-hydrogen) atoms. The Hall–Kier alpha value is -1.86. The Balaban J connectivity index is 1.78. The van der Waals surface area contributed by atoms with Gasteiger partial charge in [0.05, 0.1) is 17.1 Å². The van der Waals surface area contributed by atoms with Crippen LogP contribution in [-0.2, 0) is 30.0 Å². The molecule has 2 N–H and O–H groups in total. The average Bonchev–Trinajstić information content (AvgIpc) is 2.90. The van der Waals surface area contributed by atoms with Gasteiger partial charge in [0, 0.05) is 25.5 Å². The maximum absolute atomic E-state index is 12.3. The number of aryl methyl sites for hydroxylation is 2. The highest BCUT2D eigenvalue weighted by Crippen LogP contribution is 2.25. The van der Waals surface area contributed by atoms with Crippen molar-refractivity contribution in [2.45, 2.75) is 24.3 Å². The first-order chi connectivity index (χ1) is 10.0. The van der Waals surface area contributed by atoms with Gasteiger partial charge in [0.15, 0.2) is 0 Å². The zero-order chi connectivity index (χ0) is 14.9. The number of hydrogen-bond donors (Lipinski definition) is 2. The molecule has 0 spiro atoms. The van der Waals surface area contributed by atoms with Gasteiger partial charge in [-0.2, -0.15) is 5.10 Å². The molecule has 1 aliphatic heterocycles. The smallest absolute Gasteiger partial charge is 0.240 e. The molecule has 1 aromatic carbocycles. The molecule has 0 radical (unpaired) electrons. The second-order valence-electron chi connectivity index (χ2n) is 5.15. The summed E-state index contributed by atoms with van der Waals surface area (Å²) in [6.45, 7) is 1.07. The van der Waals surface area contributed by atoms with Gasteiger partial charge >= 0.3 is 0 Å². The monoisotopic (exact) mass is 306 g/mol.